The van der Waals surface area contributed by atoms with Gasteiger partial charge in [-0.1, -0.05) is 41.7 Å². The summed E-state index contributed by atoms with van der Waals surface area (Å²) in [5.41, 5.74) is 7.43. The molecule has 6 nitrogen and oxygen atoms in total. The van der Waals surface area contributed by atoms with Gasteiger partial charge in [0.15, 0.2) is 0 Å². The fourth-order valence-electron chi connectivity index (χ4n) is 3.40. The second-order valence-corrected chi connectivity index (χ2v) is 8.38. The van der Waals surface area contributed by atoms with Crippen LogP contribution >= 0.6 is 11.3 Å². The van der Waals surface area contributed by atoms with Gasteiger partial charge >= 0.3 is 0 Å². The number of benzene rings is 3. The number of anilines is 1. The predicted molar refractivity (Wildman–Crippen MR) is 134 cm³/mol. The summed E-state index contributed by atoms with van der Waals surface area (Å²) in [6, 6.07) is 24.0. The van der Waals surface area contributed by atoms with E-state index in [4.69, 9.17) is 9.84 Å². The van der Waals surface area contributed by atoms with Crippen molar-refractivity contribution < 1.29 is 9.13 Å². The standard InChI is InChI=1S/C26H20FN5OS/c1-33-23-13-9-19(10-14-23)25-20(17-32(31-25)22-5-3-2-4-6-22)15-29-30-26-28-16-24(34-26)18-7-11-21(27)12-8-18/h2-17H,1H3,(H,28,30)/b29-15+. The number of nitrogens with zero attached hydrogens (tertiary/aromatic N) is 4. The molecule has 0 fully saturated rings. The number of hydrogen-bond acceptors (Lipinski definition) is 6. The summed E-state index contributed by atoms with van der Waals surface area (Å²) in [7, 11) is 1.64. The van der Waals surface area contributed by atoms with Gasteiger partial charge in [0, 0.05) is 23.5 Å². The zero-order valence-electron chi connectivity index (χ0n) is 18.2. The van der Waals surface area contributed by atoms with Crippen LogP contribution in [0.4, 0.5) is 9.52 Å². The Kier molecular flexibility index (Phi) is 6.13. The van der Waals surface area contributed by atoms with E-state index in [0.29, 0.717) is 5.13 Å². The molecule has 168 valence electrons. The third-order valence-corrected chi connectivity index (χ3v) is 6.08. The fourth-order valence-corrected chi connectivity index (χ4v) is 4.17. The highest BCUT2D eigenvalue weighted by Gasteiger charge is 2.12. The number of aromatic nitrogens is 3. The number of methoxy groups -OCH3 is 1. The average Bonchev–Trinajstić information content (AvgIpc) is 3.53. The van der Waals surface area contributed by atoms with E-state index in [-0.39, 0.29) is 5.82 Å². The number of halogens is 1. The van der Waals surface area contributed by atoms with Gasteiger partial charge in [0.1, 0.15) is 17.3 Å². The van der Waals surface area contributed by atoms with Gasteiger partial charge in [0.25, 0.3) is 0 Å². The molecule has 0 aliphatic heterocycles. The predicted octanol–water partition coefficient (Wildman–Crippen LogP) is 6.26. The maximum atomic E-state index is 13.2. The molecular formula is C26H20FN5OS. The molecule has 0 saturated heterocycles. The highest BCUT2D eigenvalue weighted by atomic mass is 32.1. The summed E-state index contributed by atoms with van der Waals surface area (Å²) in [6.07, 6.45) is 5.41. The summed E-state index contributed by atoms with van der Waals surface area (Å²) in [5, 5.41) is 9.83. The van der Waals surface area contributed by atoms with Crippen molar-refractivity contribution >= 4 is 22.7 Å². The van der Waals surface area contributed by atoms with Crippen molar-refractivity contribution in [3.05, 3.63) is 103 Å². The number of rotatable bonds is 7. The molecule has 0 saturated carbocycles. The first-order chi connectivity index (χ1) is 16.7. The summed E-state index contributed by atoms with van der Waals surface area (Å²) >= 11 is 1.44. The quantitative estimate of drug-likeness (QED) is 0.226. The Morgan fingerprint density at radius 3 is 2.44 bits per heavy atom. The zero-order chi connectivity index (χ0) is 23.3. The number of hydrogen-bond donors (Lipinski definition) is 1. The van der Waals surface area contributed by atoms with Crippen LogP contribution in [0.1, 0.15) is 5.56 Å². The molecule has 0 radical (unpaired) electrons. The van der Waals surface area contributed by atoms with Crippen molar-refractivity contribution in [1.82, 2.24) is 14.8 Å². The second-order valence-electron chi connectivity index (χ2n) is 7.35. The summed E-state index contributed by atoms with van der Waals surface area (Å²) in [4.78, 5) is 5.29. The molecule has 2 aromatic heterocycles. The van der Waals surface area contributed by atoms with Crippen molar-refractivity contribution in [2.75, 3.05) is 12.5 Å². The molecule has 3 aromatic carbocycles. The molecule has 5 rings (SSSR count). The Morgan fingerprint density at radius 1 is 0.971 bits per heavy atom. The van der Waals surface area contributed by atoms with Crippen LogP contribution < -0.4 is 10.2 Å². The van der Waals surface area contributed by atoms with Crippen LogP contribution in [0.15, 0.2) is 96.4 Å². The monoisotopic (exact) mass is 469 g/mol. The maximum absolute atomic E-state index is 13.2. The molecular weight excluding hydrogens is 449 g/mol. The summed E-state index contributed by atoms with van der Waals surface area (Å²) in [6.45, 7) is 0. The van der Waals surface area contributed by atoms with Crippen LogP contribution in [0.5, 0.6) is 5.75 Å². The molecule has 0 bridgehead atoms. The van der Waals surface area contributed by atoms with Gasteiger partial charge in [-0.15, -0.1) is 0 Å². The Morgan fingerprint density at radius 2 is 1.71 bits per heavy atom. The molecule has 0 spiro atoms. The van der Waals surface area contributed by atoms with Crippen molar-refractivity contribution in [2.24, 2.45) is 5.10 Å². The molecule has 34 heavy (non-hydrogen) atoms. The average molecular weight is 470 g/mol. The number of nitrogens with one attached hydrogen (secondary N) is 1. The Balaban J connectivity index is 1.41. The lowest BCUT2D eigenvalue weighted by Crippen LogP contribution is -1.94. The lowest BCUT2D eigenvalue weighted by atomic mass is 10.1. The van der Waals surface area contributed by atoms with Crippen LogP contribution in [0.25, 0.3) is 27.4 Å². The van der Waals surface area contributed by atoms with Crippen LogP contribution in [0.3, 0.4) is 0 Å². The van der Waals surface area contributed by atoms with Gasteiger partial charge in [0.2, 0.25) is 5.13 Å². The molecule has 0 aliphatic rings. The van der Waals surface area contributed by atoms with Gasteiger partial charge in [-0.2, -0.15) is 10.2 Å². The van der Waals surface area contributed by atoms with Crippen LogP contribution in [-0.2, 0) is 0 Å². The Bertz CT molecular complexity index is 1410. The number of para-hydroxylation sites is 1. The topological polar surface area (TPSA) is 64.3 Å². The van der Waals surface area contributed by atoms with E-state index in [1.165, 1.54) is 23.5 Å². The molecule has 0 unspecified atom stereocenters. The zero-order valence-corrected chi connectivity index (χ0v) is 19.0. The van der Waals surface area contributed by atoms with Gasteiger partial charge in [0.05, 0.1) is 23.9 Å². The largest absolute Gasteiger partial charge is 0.497 e. The second kappa shape index (κ2) is 9.68. The van der Waals surface area contributed by atoms with Crippen molar-refractivity contribution in [2.45, 2.75) is 0 Å². The van der Waals surface area contributed by atoms with Gasteiger partial charge in [-0.3, -0.25) is 5.43 Å². The van der Waals surface area contributed by atoms with Crippen molar-refractivity contribution in [3.8, 4) is 33.1 Å². The normalized spacial score (nSPS) is 11.1. The summed E-state index contributed by atoms with van der Waals surface area (Å²) in [5.74, 6) is 0.517. The first-order valence-electron chi connectivity index (χ1n) is 10.5. The lowest BCUT2D eigenvalue weighted by Gasteiger charge is -2.02. The van der Waals surface area contributed by atoms with Crippen molar-refractivity contribution in [3.63, 3.8) is 0 Å². The minimum atomic E-state index is -0.264. The first-order valence-corrected chi connectivity index (χ1v) is 11.3. The minimum absolute atomic E-state index is 0.264. The van der Waals surface area contributed by atoms with Crippen LogP contribution in [0.2, 0.25) is 0 Å². The Hall–Kier alpha value is -4.30. The van der Waals surface area contributed by atoms with Crippen LogP contribution in [-0.4, -0.2) is 28.1 Å². The van der Waals surface area contributed by atoms with E-state index in [1.54, 1.807) is 31.7 Å². The molecule has 0 amide bonds. The van der Waals surface area contributed by atoms with E-state index < -0.39 is 0 Å². The minimum Gasteiger partial charge on any atom is -0.497 e. The van der Waals surface area contributed by atoms with E-state index in [2.05, 4.69) is 15.5 Å². The fraction of sp³-hybridized carbons (Fsp3) is 0.0385. The number of ether oxygens (including phenoxy) is 1. The number of thiazole rings is 1. The molecule has 0 atom stereocenters. The molecule has 1 N–H and O–H groups in total. The SMILES string of the molecule is COc1ccc(-c2nn(-c3ccccc3)cc2/C=N/Nc2ncc(-c3ccc(F)cc3)s2)cc1. The highest BCUT2D eigenvalue weighted by Crippen LogP contribution is 2.29. The Labute approximate surface area is 200 Å². The molecule has 5 aromatic rings. The third kappa shape index (κ3) is 4.72. The van der Waals surface area contributed by atoms with Gasteiger partial charge < -0.3 is 4.74 Å². The van der Waals surface area contributed by atoms with Crippen LogP contribution in [0, 0.1) is 5.82 Å². The lowest BCUT2D eigenvalue weighted by molar-refractivity contribution is 0.415. The van der Waals surface area contributed by atoms with E-state index in [0.717, 1.165) is 38.7 Å². The van der Waals surface area contributed by atoms with Crippen molar-refractivity contribution in [1.29, 1.82) is 0 Å². The smallest absolute Gasteiger partial charge is 0.203 e. The van der Waals surface area contributed by atoms with E-state index >= 15 is 0 Å². The molecule has 8 heteroatoms. The first kappa shape index (κ1) is 21.5. The van der Waals surface area contributed by atoms with Gasteiger partial charge in [-0.05, 0) is 54.1 Å². The highest BCUT2D eigenvalue weighted by molar-refractivity contribution is 7.18. The van der Waals surface area contributed by atoms with E-state index in [9.17, 15) is 4.39 Å². The summed E-state index contributed by atoms with van der Waals surface area (Å²) < 4.78 is 20.3. The number of hydrazone groups is 1. The maximum Gasteiger partial charge on any atom is 0.203 e. The third-order valence-electron chi connectivity index (χ3n) is 5.12. The van der Waals surface area contributed by atoms with Gasteiger partial charge in [-0.25, -0.2) is 14.1 Å². The van der Waals surface area contributed by atoms with E-state index in [1.807, 2.05) is 65.5 Å². The molecule has 0 aliphatic carbocycles. The molecule has 2 heterocycles.